The first kappa shape index (κ1) is 19.6. The number of carbonyl (C=O) groups is 3. The van der Waals surface area contributed by atoms with Crippen LogP contribution >= 0.6 is 0 Å². The molecule has 1 aliphatic rings. The third-order valence-electron chi connectivity index (χ3n) is 4.58. The van der Waals surface area contributed by atoms with E-state index in [0.717, 1.165) is 31.5 Å². The molecule has 0 unspecified atom stereocenters. The van der Waals surface area contributed by atoms with E-state index >= 15 is 0 Å². The molecule has 146 valence electrons. The van der Waals surface area contributed by atoms with E-state index in [-0.39, 0.29) is 17.8 Å². The molecule has 2 amide bonds. The summed E-state index contributed by atoms with van der Waals surface area (Å²) in [6.45, 7) is 3.04. The van der Waals surface area contributed by atoms with Gasteiger partial charge in [0.2, 0.25) is 5.91 Å². The van der Waals surface area contributed by atoms with Crippen molar-refractivity contribution in [3.63, 3.8) is 0 Å². The predicted molar refractivity (Wildman–Crippen MR) is 108 cm³/mol. The minimum absolute atomic E-state index is 0.126. The summed E-state index contributed by atoms with van der Waals surface area (Å²) in [5.74, 6) is -0.499. The fourth-order valence-electron chi connectivity index (χ4n) is 3.04. The standard InChI is InChI=1S/C22H24N2O4/c1-2-15-28-22(27)17-6-10-18(11-7-17)23-21(26)16-8-12-19(13-9-16)24-14-4-3-5-20(24)25/h6-13H,2-5,14-15H2,1H3,(H,23,26). The molecule has 0 aromatic heterocycles. The topological polar surface area (TPSA) is 75.7 Å². The number of esters is 1. The number of nitrogens with one attached hydrogen (secondary N) is 1. The lowest BCUT2D eigenvalue weighted by Gasteiger charge is -2.26. The van der Waals surface area contributed by atoms with Crippen molar-refractivity contribution in [2.75, 3.05) is 23.4 Å². The minimum atomic E-state index is -0.373. The van der Waals surface area contributed by atoms with Gasteiger partial charge in [0.15, 0.2) is 0 Å². The summed E-state index contributed by atoms with van der Waals surface area (Å²) in [5.41, 5.74) is 2.35. The van der Waals surface area contributed by atoms with Crippen molar-refractivity contribution in [2.45, 2.75) is 32.6 Å². The Morgan fingerprint density at radius 2 is 1.68 bits per heavy atom. The van der Waals surface area contributed by atoms with Gasteiger partial charge in [-0.2, -0.15) is 0 Å². The van der Waals surface area contributed by atoms with E-state index in [9.17, 15) is 14.4 Å². The lowest BCUT2D eigenvalue weighted by Crippen LogP contribution is -2.35. The molecule has 1 aliphatic heterocycles. The van der Waals surface area contributed by atoms with Crippen molar-refractivity contribution in [1.29, 1.82) is 0 Å². The van der Waals surface area contributed by atoms with Crippen LogP contribution in [0.1, 0.15) is 53.3 Å². The molecule has 6 nitrogen and oxygen atoms in total. The second kappa shape index (κ2) is 9.17. The van der Waals surface area contributed by atoms with Crippen molar-refractivity contribution >= 4 is 29.2 Å². The summed E-state index contributed by atoms with van der Waals surface area (Å²) in [7, 11) is 0. The molecule has 1 saturated heterocycles. The van der Waals surface area contributed by atoms with Crippen molar-refractivity contribution in [1.82, 2.24) is 0 Å². The summed E-state index contributed by atoms with van der Waals surface area (Å²) in [5, 5.41) is 2.80. The molecule has 6 heteroatoms. The van der Waals surface area contributed by atoms with Gasteiger partial charge < -0.3 is 15.0 Å². The van der Waals surface area contributed by atoms with Crippen LogP contribution in [0.15, 0.2) is 48.5 Å². The average molecular weight is 380 g/mol. The molecule has 1 N–H and O–H groups in total. The van der Waals surface area contributed by atoms with Gasteiger partial charge in [0.25, 0.3) is 5.91 Å². The predicted octanol–water partition coefficient (Wildman–Crippen LogP) is 4.02. The van der Waals surface area contributed by atoms with Gasteiger partial charge in [0.1, 0.15) is 0 Å². The Labute approximate surface area is 164 Å². The maximum atomic E-state index is 12.4. The fourth-order valence-corrected chi connectivity index (χ4v) is 3.04. The first-order chi connectivity index (χ1) is 13.6. The van der Waals surface area contributed by atoms with Gasteiger partial charge in [0.05, 0.1) is 12.2 Å². The number of benzene rings is 2. The van der Waals surface area contributed by atoms with Crippen LogP contribution in [0.3, 0.4) is 0 Å². The monoisotopic (exact) mass is 380 g/mol. The quantitative estimate of drug-likeness (QED) is 0.768. The zero-order valence-corrected chi connectivity index (χ0v) is 15.9. The van der Waals surface area contributed by atoms with Gasteiger partial charge in [-0.3, -0.25) is 9.59 Å². The van der Waals surface area contributed by atoms with Crippen LogP contribution in [-0.2, 0) is 9.53 Å². The number of piperidine rings is 1. The fraction of sp³-hybridized carbons (Fsp3) is 0.318. The molecule has 3 rings (SSSR count). The zero-order chi connectivity index (χ0) is 19.9. The molecule has 0 radical (unpaired) electrons. The van der Waals surface area contributed by atoms with Crippen LogP contribution in [0.4, 0.5) is 11.4 Å². The van der Waals surface area contributed by atoms with Crippen LogP contribution in [-0.4, -0.2) is 30.9 Å². The molecular weight excluding hydrogens is 356 g/mol. The van der Waals surface area contributed by atoms with Crippen LogP contribution in [0, 0.1) is 0 Å². The van der Waals surface area contributed by atoms with Gasteiger partial charge in [-0.1, -0.05) is 6.92 Å². The van der Waals surface area contributed by atoms with E-state index < -0.39 is 0 Å². The molecule has 0 saturated carbocycles. The first-order valence-corrected chi connectivity index (χ1v) is 9.57. The van der Waals surface area contributed by atoms with E-state index in [0.29, 0.717) is 29.8 Å². The number of hydrogen-bond donors (Lipinski definition) is 1. The number of hydrogen-bond acceptors (Lipinski definition) is 4. The van der Waals surface area contributed by atoms with Crippen molar-refractivity contribution < 1.29 is 19.1 Å². The molecule has 0 atom stereocenters. The average Bonchev–Trinajstić information content (AvgIpc) is 2.73. The number of amides is 2. The number of carbonyl (C=O) groups excluding carboxylic acids is 3. The van der Waals surface area contributed by atoms with E-state index in [1.165, 1.54) is 0 Å². The molecule has 1 heterocycles. The molecule has 2 aromatic carbocycles. The Morgan fingerprint density at radius 1 is 1.00 bits per heavy atom. The van der Waals surface area contributed by atoms with Gasteiger partial charge in [-0.15, -0.1) is 0 Å². The van der Waals surface area contributed by atoms with Gasteiger partial charge >= 0.3 is 5.97 Å². The molecule has 0 spiro atoms. The van der Waals surface area contributed by atoms with Crippen LogP contribution in [0.5, 0.6) is 0 Å². The number of rotatable bonds is 6. The van der Waals surface area contributed by atoms with Crippen LogP contribution < -0.4 is 10.2 Å². The maximum absolute atomic E-state index is 12.4. The maximum Gasteiger partial charge on any atom is 0.338 e. The highest BCUT2D eigenvalue weighted by Crippen LogP contribution is 2.21. The second-order valence-electron chi connectivity index (χ2n) is 6.72. The SMILES string of the molecule is CCCOC(=O)c1ccc(NC(=O)c2ccc(N3CCCCC3=O)cc2)cc1. The molecule has 2 aromatic rings. The summed E-state index contributed by atoms with van der Waals surface area (Å²) < 4.78 is 5.08. The largest absolute Gasteiger partial charge is 0.462 e. The van der Waals surface area contributed by atoms with Crippen molar-refractivity contribution in [3.8, 4) is 0 Å². The van der Waals surface area contributed by atoms with Gasteiger partial charge in [-0.25, -0.2) is 4.79 Å². The van der Waals surface area contributed by atoms with Crippen LogP contribution in [0.25, 0.3) is 0 Å². The Kier molecular flexibility index (Phi) is 6.42. The lowest BCUT2D eigenvalue weighted by atomic mass is 10.1. The third kappa shape index (κ3) is 4.76. The number of nitrogens with zero attached hydrogens (tertiary/aromatic N) is 1. The molecule has 0 aliphatic carbocycles. The zero-order valence-electron chi connectivity index (χ0n) is 15.9. The van der Waals surface area contributed by atoms with E-state index in [1.54, 1.807) is 53.4 Å². The summed E-state index contributed by atoms with van der Waals surface area (Å²) in [4.78, 5) is 38.0. The number of ether oxygens (including phenoxy) is 1. The van der Waals surface area contributed by atoms with Crippen LogP contribution in [0.2, 0.25) is 0 Å². The molecular formula is C22H24N2O4. The Morgan fingerprint density at radius 3 is 2.32 bits per heavy atom. The number of anilines is 2. The van der Waals surface area contributed by atoms with Gasteiger partial charge in [0, 0.05) is 29.9 Å². The lowest BCUT2D eigenvalue weighted by molar-refractivity contribution is -0.119. The van der Waals surface area contributed by atoms with Crippen molar-refractivity contribution in [2.24, 2.45) is 0 Å². The molecule has 0 bridgehead atoms. The highest BCUT2D eigenvalue weighted by atomic mass is 16.5. The Balaban J connectivity index is 1.61. The third-order valence-corrected chi connectivity index (χ3v) is 4.58. The summed E-state index contributed by atoms with van der Waals surface area (Å²) >= 11 is 0. The van der Waals surface area contributed by atoms with E-state index in [2.05, 4.69) is 5.32 Å². The second-order valence-corrected chi connectivity index (χ2v) is 6.72. The van der Waals surface area contributed by atoms with Crippen molar-refractivity contribution in [3.05, 3.63) is 59.7 Å². The summed E-state index contributed by atoms with van der Waals surface area (Å²) in [6.07, 6.45) is 3.27. The van der Waals surface area contributed by atoms with E-state index in [1.807, 2.05) is 6.92 Å². The molecule has 1 fully saturated rings. The highest BCUT2D eigenvalue weighted by molar-refractivity contribution is 6.05. The van der Waals surface area contributed by atoms with Gasteiger partial charge in [-0.05, 0) is 67.8 Å². The summed E-state index contributed by atoms with van der Waals surface area (Å²) in [6, 6.07) is 13.6. The first-order valence-electron chi connectivity index (χ1n) is 9.57. The molecule has 28 heavy (non-hydrogen) atoms. The smallest absolute Gasteiger partial charge is 0.338 e. The highest BCUT2D eigenvalue weighted by Gasteiger charge is 2.19. The Bertz CT molecular complexity index is 844. The Hall–Kier alpha value is -3.15. The minimum Gasteiger partial charge on any atom is -0.462 e. The van der Waals surface area contributed by atoms with E-state index in [4.69, 9.17) is 4.74 Å². The normalized spacial score (nSPS) is 13.9.